The second-order valence-electron chi connectivity index (χ2n) is 5.06. The van der Waals surface area contributed by atoms with Crippen LogP contribution < -0.4 is 5.32 Å². The number of aromatic nitrogens is 2. The van der Waals surface area contributed by atoms with E-state index in [0.29, 0.717) is 5.56 Å². The van der Waals surface area contributed by atoms with E-state index in [4.69, 9.17) is 20.8 Å². The van der Waals surface area contributed by atoms with Gasteiger partial charge in [-0.05, 0) is 30.3 Å². The molecule has 0 aliphatic heterocycles. The van der Waals surface area contributed by atoms with Gasteiger partial charge in [-0.15, -0.1) is 5.10 Å². The monoisotopic (exact) mass is 373 g/mol. The summed E-state index contributed by atoms with van der Waals surface area (Å²) < 4.78 is 10.1. The van der Waals surface area contributed by atoms with E-state index in [1.807, 2.05) is 18.2 Å². The summed E-state index contributed by atoms with van der Waals surface area (Å²) in [5.74, 6) is -1.64. The van der Waals surface area contributed by atoms with E-state index in [-0.39, 0.29) is 28.2 Å². The Morgan fingerprint density at radius 1 is 1.15 bits per heavy atom. The predicted molar refractivity (Wildman–Crippen MR) is 91.8 cm³/mol. The second-order valence-corrected chi connectivity index (χ2v) is 5.50. The number of ether oxygens (including phenoxy) is 1. The molecule has 0 aliphatic rings. The maximum absolute atomic E-state index is 11.9. The minimum atomic E-state index is -0.871. The third kappa shape index (κ3) is 4.17. The Kier molecular flexibility index (Phi) is 5.14. The normalized spacial score (nSPS) is 10.3. The van der Waals surface area contributed by atoms with Crippen LogP contribution in [0.25, 0.3) is 11.5 Å². The molecule has 1 amide bonds. The first-order valence-corrected chi connectivity index (χ1v) is 7.75. The lowest BCUT2D eigenvalue weighted by Crippen LogP contribution is -2.21. The lowest BCUT2D eigenvalue weighted by Gasteiger charge is -2.06. The molecule has 1 heterocycles. The molecule has 0 bridgehead atoms. The molecule has 3 aromatic rings. The van der Waals surface area contributed by atoms with Gasteiger partial charge in [-0.25, -0.2) is 4.79 Å². The molecule has 8 nitrogen and oxygen atoms in total. The van der Waals surface area contributed by atoms with Crippen molar-refractivity contribution in [2.24, 2.45) is 0 Å². The first-order valence-electron chi connectivity index (χ1n) is 7.37. The van der Waals surface area contributed by atoms with Crippen LogP contribution in [0, 0.1) is 0 Å². The quantitative estimate of drug-likeness (QED) is 0.661. The molecule has 0 radical (unpaired) electrons. The molecular weight excluding hydrogens is 362 g/mol. The van der Waals surface area contributed by atoms with Gasteiger partial charge in [0.15, 0.2) is 6.61 Å². The number of hydrogen-bond donors (Lipinski definition) is 2. The van der Waals surface area contributed by atoms with E-state index in [2.05, 4.69) is 15.5 Å². The van der Waals surface area contributed by atoms with E-state index in [9.17, 15) is 14.7 Å². The highest BCUT2D eigenvalue weighted by molar-refractivity contribution is 6.30. The summed E-state index contributed by atoms with van der Waals surface area (Å²) in [7, 11) is 0. The Labute approximate surface area is 152 Å². The number of anilines is 1. The SMILES string of the molecule is O=C(COC(=O)c1ccc(Cl)cc1O)Nc1nnc(-c2ccccc2)o1. The van der Waals surface area contributed by atoms with Crippen molar-refractivity contribution >= 4 is 29.5 Å². The van der Waals surface area contributed by atoms with Gasteiger partial charge in [0.05, 0.1) is 0 Å². The summed E-state index contributed by atoms with van der Waals surface area (Å²) in [6, 6.07) is 12.8. The molecule has 132 valence electrons. The number of hydrogen-bond acceptors (Lipinski definition) is 7. The van der Waals surface area contributed by atoms with Crippen LogP contribution in [0.4, 0.5) is 6.01 Å². The average molecular weight is 374 g/mol. The van der Waals surface area contributed by atoms with E-state index in [1.54, 1.807) is 12.1 Å². The fraction of sp³-hybridized carbons (Fsp3) is 0.0588. The zero-order chi connectivity index (χ0) is 18.5. The molecule has 1 aromatic heterocycles. The van der Waals surface area contributed by atoms with E-state index < -0.39 is 18.5 Å². The smallest absolute Gasteiger partial charge is 0.342 e. The highest BCUT2D eigenvalue weighted by Gasteiger charge is 2.16. The molecule has 3 rings (SSSR count). The van der Waals surface area contributed by atoms with E-state index in [1.165, 1.54) is 18.2 Å². The van der Waals surface area contributed by atoms with Gasteiger partial charge >= 0.3 is 12.0 Å². The Morgan fingerprint density at radius 3 is 2.65 bits per heavy atom. The van der Waals surface area contributed by atoms with Crippen molar-refractivity contribution in [1.29, 1.82) is 0 Å². The number of benzene rings is 2. The fourth-order valence-corrected chi connectivity index (χ4v) is 2.18. The molecule has 2 N–H and O–H groups in total. The third-order valence-corrected chi connectivity index (χ3v) is 3.44. The molecule has 0 saturated heterocycles. The van der Waals surface area contributed by atoms with Gasteiger partial charge in [-0.2, -0.15) is 0 Å². The molecule has 0 saturated carbocycles. The molecule has 0 unspecified atom stereocenters. The van der Waals surface area contributed by atoms with Gasteiger partial charge in [0.25, 0.3) is 5.91 Å². The molecular formula is C17H12ClN3O5. The van der Waals surface area contributed by atoms with Gasteiger partial charge < -0.3 is 14.3 Å². The van der Waals surface area contributed by atoms with Crippen LogP contribution in [0.5, 0.6) is 5.75 Å². The van der Waals surface area contributed by atoms with Crippen molar-refractivity contribution in [3.63, 3.8) is 0 Å². The van der Waals surface area contributed by atoms with Gasteiger partial charge in [-0.1, -0.05) is 34.9 Å². The van der Waals surface area contributed by atoms with Crippen molar-refractivity contribution in [1.82, 2.24) is 10.2 Å². The summed E-state index contributed by atoms with van der Waals surface area (Å²) >= 11 is 5.69. The second kappa shape index (κ2) is 7.66. The summed E-state index contributed by atoms with van der Waals surface area (Å²) in [5, 5.41) is 19.8. The molecule has 0 spiro atoms. The molecule has 26 heavy (non-hydrogen) atoms. The number of carbonyl (C=O) groups is 2. The maximum atomic E-state index is 11.9. The first-order chi connectivity index (χ1) is 12.5. The van der Waals surface area contributed by atoms with Crippen molar-refractivity contribution in [2.75, 3.05) is 11.9 Å². The molecule has 0 fully saturated rings. The highest BCUT2D eigenvalue weighted by Crippen LogP contribution is 2.22. The number of rotatable bonds is 5. The van der Waals surface area contributed by atoms with Crippen LogP contribution in [0.15, 0.2) is 52.9 Å². The Hall–Kier alpha value is -3.39. The van der Waals surface area contributed by atoms with Crippen LogP contribution in [0.2, 0.25) is 5.02 Å². The zero-order valence-corrected chi connectivity index (χ0v) is 13.9. The standard InChI is InChI=1S/C17H12ClN3O5/c18-11-6-7-12(13(22)8-11)16(24)25-9-14(23)19-17-21-20-15(26-17)10-4-2-1-3-5-10/h1-8,22H,9H2,(H,19,21,23). The van der Waals surface area contributed by atoms with Crippen LogP contribution >= 0.6 is 11.6 Å². The largest absolute Gasteiger partial charge is 0.507 e. The van der Waals surface area contributed by atoms with Crippen molar-refractivity contribution in [3.05, 3.63) is 59.1 Å². The van der Waals surface area contributed by atoms with Gasteiger partial charge in [-0.3, -0.25) is 10.1 Å². The van der Waals surface area contributed by atoms with Crippen LogP contribution in [0.1, 0.15) is 10.4 Å². The number of esters is 1. The minimum Gasteiger partial charge on any atom is -0.507 e. The predicted octanol–water partition coefficient (Wildman–Crippen LogP) is 2.89. The lowest BCUT2D eigenvalue weighted by molar-refractivity contribution is -0.119. The summed E-state index contributed by atoms with van der Waals surface area (Å²) in [6.45, 7) is -0.593. The van der Waals surface area contributed by atoms with Crippen LogP contribution in [-0.2, 0) is 9.53 Å². The molecule has 0 aliphatic carbocycles. The molecule has 2 aromatic carbocycles. The average Bonchev–Trinajstić information content (AvgIpc) is 3.09. The number of phenolic OH excluding ortho intramolecular Hbond substituents is 1. The van der Waals surface area contributed by atoms with Gasteiger partial charge in [0, 0.05) is 10.6 Å². The van der Waals surface area contributed by atoms with Crippen LogP contribution in [0.3, 0.4) is 0 Å². The van der Waals surface area contributed by atoms with Gasteiger partial charge in [0.1, 0.15) is 11.3 Å². The first kappa shape index (κ1) is 17.4. The number of carbonyl (C=O) groups excluding carboxylic acids is 2. The third-order valence-electron chi connectivity index (χ3n) is 3.21. The number of nitrogens with zero attached hydrogens (tertiary/aromatic N) is 2. The lowest BCUT2D eigenvalue weighted by atomic mass is 10.2. The highest BCUT2D eigenvalue weighted by atomic mass is 35.5. The van der Waals surface area contributed by atoms with Crippen LogP contribution in [-0.4, -0.2) is 33.8 Å². The number of amides is 1. The number of aromatic hydroxyl groups is 1. The summed E-state index contributed by atoms with van der Waals surface area (Å²) in [4.78, 5) is 23.7. The topological polar surface area (TPSA) is 115 Å². The van der Waals surface area contributed by atoms with Crippen molar-refractivity contribution < 1.29 is 23.8 Å². The van der Waals surface area contributed by atoms with Crippen molar-refractivity contribution in [2.45, 2.75) is 0 Å². The summed E-state index contributed by atoms with van der Waals surface area (Å²) in [5.41, 5.74) is 0.594. The minimum absolute atomic E-state index is 0.105. The number of halogens is 1. The van der Waals surface area contributed by atoms with Crippen molar-refractivity contribution in [3.8, 4) is 17.2 Å². The summed E-state index contributed by atoms with van der Waals surface area (Å²) in [6.07, 6.45) is 0. The van der Waals surface area contributed by atoms with E-state index in [0.717, 1.165) is 0 Å². The van der Waals surface area contributed by atoms with Gasteiger partial charge in [0.2, 0.25) is 5.89 Å². The molecule has 0 atom stereocenters. The maximum Gasteiger partial charge on any atom is 0.342 e. The fourth-order valence-electron chi connectivity index (χ4n) is 2.01. The number of phenols is 1. The number of nitrogens with one attached hydrogen (secondary N) is 1. The Bertz CT molecular complexity index is 943. The molecule has 9 heteroatoms. The van der Waals surface area contributed by atoms with E-state index >= 15 is 0 Å². The Morgan fingerprint density at radius 2 is 1.92 bits per heavy atom. The Balaban J connectivity index is 1.56. The zero-order valence-electron chi connectivity index (χ0n) is 13.2.